The van der Waals surface area contributed by atoms with E-state index in [2.05, 4.69) is 0 Å². The number of cyclic esters (lactones) is 1. The van der Waals surface area contributed by atoms with Crippen LogP contribution >= 0.6 is 0 Å². The molecule has 1 heterocycles. The van der Waals surface area contributed by atoms with E-state index < -0.39 is 30.4 Å². The molecule has 1 saturated heterocycles. The van der Waals surface area contributed by atoms with E-state index in [1.807, 2.05) is 30.3 Å². The zero-order valence-electron chi connectivity index (χ0n) is 10.5. The highest BCUT2D eigenvalue weighted by Crippen LogP contribution is 2.22. The Bertz CT molecular complexity index is 456. The molecular weight excluding hydrogens is 248 g/mol. The quantitative estimate of drug-likeness (QED) is 0.768. The minimum atomic E-state index is -1.17. The average Bonchev–Trinajstić information content (AvgIpc) is 2.72. The normalized spacial score (nSPS) is 28.6. The Morgan fingerprint density at radius 2 is 2.05 bits per heavy atom. The van der Waals surface area contributed by atoms with Gasteiger partial charge in [0.15, 0.2) is 12.2 Å². The Morgan fingerprint density at radius 3 is 2.63 bits per heavy atom. The maximum absolute atomic E-state index is 11.4. The minimum absolute atomic E-state index is 0.660. The fraction of sp³-hybridized carbons (Fsp3) is 0.357. The van der Waals surface area contributed by atoms with Gasteiger partial charge in [0.2, 0.25) is 0 Å². The van der Waals surface area contributed by atoms with Gasteiger partial charge in [-0.3, -0.25) is 0 Å². The van der Waals surface area contributed by atoms with E-state index in [1.165, 1.54) is 13.2 Å². The lowest BCUT2D eigenvalue weighted by molar-refractivity contribution is -0.150. The number of carbonyl (C=O) groups excluding carboxylic acids is 1. The molecule has 1 aliphatic heterocycles. The summed E-state index contributed by atoms with van der Waals surface area (Å²) in [5.74, 6) is -0.660. The van der Waals surface area contributed by atoms with Crippen LogP contribution in [0.5, 0.6) is 0 Å². The van der Waals surface area contributed by atoms with Crippen LogP contribution in [0.2, 0.25) is 0 Å². The summed E-state index contributed by atoms with van der Waals surface area (Å²) >= 11 is 0. The fourth-order valence-corrected chi connectivity index (χ4v) is 1.97. The topological polar surface area (TPSA) is 76.0 Å². The average molecular weight is 264 g/mol. The van der Waals surface area contributed by atoms with Crippen molar-refractivity contribution in [1.82, 2.24) is 0 Å². The first kappa shape index (κ1) is 13.7. The summed E-state index contributed by atoms with van der Waals surface area (Å²) in [6, 6.07) is 9.38. The van der Waals surface area contributed by atoms with Gasteiger partial charge in [0.05, 0.1) is 0 Å². The Balaban J connectivity index is 2.03. The summed E-state index contributed by atoms with van der Waals surface area (Å²) < 4.78 is 9.73. The molecule has 1 aliphatic rings. The molecule has 0 aromatic heterocycles. The second-order valence-corrected chi connectivity index (χ2v) is 4.31. The number of aliphatic hydroxyl groups excluding tert-OH is 2. The third-order valence-electron chi connectivity index (χ3n) is 3.01. The van der Waals surface area contributed by atoms with E-state index in [4.69, 9.17) is 9.47 Å². The molecule has 0 bridgehead atoms. The molecule has 0 radical (unpaired) electrons. The first-order chi connectivity index (χ1) is 9.13. The van der Waals surface area contributed by atoms with Crippen molar-refractivity contribution >= 4 is 12.0 Å². The van der Waals surface area contributed by atoms with Crippen LogP contribution in [-0.4, -0.2) is 47.7 Å². The monoisotopic (exact) mass is 264 g/mol. The van der Waals surface area contributed by atoms with Gasteiger partial charge in [-0.05, 0) is 5.56 Å². The van der Waals surface area contributed by atoms with Gasteiger partial charge in [0.25, 0.3) is 0 Å². The predicted molar refractivity (Wildman–Crippen MR) is 68.2 cm³/mol. The van der Waals surface area contributed by atoms with Crippen LogP contribution in [0.15, 0.2) is 36.4 Å². The zero-order chi connectivity index (χ0) is 13.8. The van der Waals surface area contributed by atoms with E-state index in [0.29, 0.717) is 0 Å². The van der Waals surface area contributed by atoms with E-state index in [1.54, 1.807) is 6.08 Å². The highest BCUT2D eigenvalue weighted by Gasteiger charge is 2.46. The lowest BCUT2D eigenvalue weighted by Crippen LogP contribution is -2.38. The summed E-state index contributed by atoms with van der Waals surface area (Å²) in [6.07, 6.45) is -1.12. The molecule has 2 N–H and O–H groups in total. The number of rotatable bonds is 4. The molecule has 0 aliphatic carbocycles. The molecule has 1 aromatic carbocycles. The number of ether oxygens (including phenoxy) is 2. The largest absolute Gasteiger partial charge is 0.454 e. The molecule has 102 valence electrons. The maximum atomic E-state index is 11.4. The lowest BCUT2D eigenvalue weighted by Gasteiger charge is -2.17. The molecule has 0 saturated carbocycles. The number of carbonyl (C=O) groups is 1. The molecule has 5 heteroatoms. The number of aliphatic hydroxyl groups is 2. The van der Waals surface area contributed by atoms with Gasteiger partial charge in [-0.2, -0.15) is 0 Å². The van der Waals surface area contributed by atoms with E-state index in [9.17, 15) is 15.0 Å². The molecule has 4 atom stereocenters. The van der Waals surface area contributed by atoms with E-state index in [-0.39, 0.29) is 0 Å². The Kier molecular flexibility index (Phi) is 4.31. The molecule has 1 aromatic rings. The van der Waals surface area contributed by atoms with Crippen molar-refractivity contribution in [3.63, 3.8) is 0 Å². The summed E-state index contributed by atoms with van der Waals surface area (Å²) in [5, 5.41) is 19.8. The van der Waals surface area contributed by atoms with Gasteiger partial charge in [0, 0.05) is 7.11 Å². The predicted octanol–water partition coefficient (Wildman–Crippen LogP) is 0.362. The Hall–Kier alpha value is -1.69. The molecule has 0 unspecified atom stereocenters. The van der Waals surface area contributed by atoms with Gasteiger partial charge in [-0.1, -0.05) is 42.5 Å². The summed E-state index contributed by atoms with van der Waals surface area (Å²) in [5.41, 5.74) is 0.906. The van der Waals surface area contributed by atoms with Crippen LogP contribution in [0, 0.1) is 0 Å². The van der Waals surface area contributed by atoms with Gasteiger partial charge in [-0.25, -0.2) is 4.79 Å². The fourth-order valence-electron chi connectivity index (χ4n) is 1.97. The van der Waals surface area contributed by atoms with Gasteiger partial charge >= 0.3 is 5.97 Å². The van der Waals surface area contributed by atoms with Crippen molar-refractivity contribution in [2.75, 3.05) is 7.11 Å². The molecular formula is C14H16O5. The van der Waals surface area contributed by atoms with Gasteiger partial charge < -0.3 is 19.7 Å². The van der Waals surface area contributed by atoms with Crippen LogP contribution in [0.25, 0.3) is 6.08 Å². The van der Waals surface area contributed by atoms with Crippen molar-refractivity contribution in [2.24, 2.45) is 0 Å². The third-order valence-corrected chi connectivity index (χ3v) is 3.01. The van der Waals surface area contributed by atoms with E-state index in [0.717, 1.165) is 5.56 Å². The smallest absolute Gasteiger partial charge is 0.338 e. The first-order valence-corrected chi connectivity index (χ1v) is 5.96. The lowest BCUT2D eigenvalue weighted by atomic mass is 10.0. The van der Waals surface area contributed by atoms with Crippen molar-refractivity contribution in [3.8, 4) is 0 Å². The third kappa shape index (κ3) is 3.01. The van der Waals surface area contributed by atoms with Gasteiger partial charge in [0.1, 0.15) is 12.2 Å². The summed E-state index contributed by atoms with van der Waals surface area (Å²) in [6.45, 7) is 0. The number of hydrogen-bond acceptors (Lipinski definition) is 5. The highest BCUT2D eigenvalue weighted by atomic mass is 16.6. The highest BCUT2D eigenvalue weighted by molar-refractivity contribution is 5.78. The molecule has 19 heavy (non-hydrogen) atoms. The minimum Gasteiger partial charge on any atom is -0.454 e. The van der Waals surface area contributed by atoms with Crippen molar-refractivity contribution in [1.29, 1.82) is 0 Å². The number of methoxy groups -OCH3 is 1. The van der Waals surface area contributed by atoms with Crippen LogP contribution in [0.1, 0.15) is 5.56 Å². The Labute approximate surface area is 111 Å². The van der Waals surface area contributed by atoms with E-state index >= 15 is 0 Å². The summed E-state index contributed by atoms with van der Waals surface area (Å²) in [7, 11) is 1.31. The molecule has 0 amide bonds. The van der Waals surface area contributed by atoms with Crippen molar-refractivity contribution < 1.29 is 24.5 Å². The summed E-state index contributed by atoms with van der Waals surface area (Å²) in [4.78, 5) is 11.4. The molecule has 2 rings (SSSR count). The molecule has 5 nitrogen and oxygen atoms in total. The maximum Gasteiger partial charge on any atom is 0.338 e. The number of esters is 1. The van der Waals surface area contributed by atoms with Crippen molar-refractivity contribution in [2.45, 2.75) is 24.4 Å². The second-order valence-electron chi connectivity index (χ2n) is 4.31. The SMILES string of the molecule is CO[C@H]1C(=O)O[C@@H]([C@H](O)C=Cc2ccccc2)[C@H]1O. The first-order valence-electron chi connectivity index (χ1n) is 5.96. The molecule has 1 fully saturated rings. The number of hydrogen-bond donors (Lipinski definition) is 2. The van der Waals surface area contributed by atoms with Crippen LogP contribution < -0.4 is 0 Å². The van der Waals surface area contributed by atoms with Crippen molar-refractivity contribution in [3.05, 3.63) is 42.0 Å². The standard InChI is InChI=1S/C14H16O5/c1-18-13-11(16)12(19-14(13)17)10(15)8-7-9-5-3-2-4-6-9/h2-8,10-13,15-16H,1H3/t10-,11-,12+,13-/m1/s1. The zero-order valence-corrected chi connectivity index (χ0v) is 10.5. The van der Waals surface area contributed by atoms with Crippen LogP contribution in [-0.2, 0) is 14.3 Å². The van der Waals surface area contributed by atoms with Crippen LogP contribution in [0.4, 0.5) is 0 Å². The molecule has 0 spiro atoms. The Morgan fingerprint density at radius 1 is 1.37 bits per heavy atom. The van der Waals surface area contributed by atoms with Crippen LogP contribution in [0.3, 0.4) is 0 Å². The number of benzene rings is 1. The van der Waals surface area contributed by atoms with Gasteiger partial charge in [-0.15, -0.1) is 0 Å². The second kappa shape index (κ2) is 5.97.